The van der Waals surface area contributed by atoms with E-state index in [4.69, 9.17) is 22.6 Å². The predicted octanol–water partition coefficient (Wildman–Crippen LogP) is 1.87. The lowest BCUT2D eigenvalue weighted by molar-refractivity contribution is 0.100. The summed E-state index contributed by atoms with van der Waals surface area (Å²) in [6.45, 7) is 0. The Morgan fingerprint density at radius 1 is 1.28 bits per heavy atom. The summed E-state index contributed by atoms with van der Waals surface area (Å²) >= 11 is 1.08. The first-order chi connectivity index (χ1) is 12.0. The first-order valence-electron chi connectivity index (χ1n) is 7.27. The van der Waals surface area contributed by atoms with Crippen molar-refractivity contribution in [2.24, 2.45) is 5.73 Å². The van der Waals surface area contributed by atoms with Gasteiger partial charge in [-0.3, -0.25) is 4.79 Å². The summed E-state index contributed by atoms with van der Waals surface area (Å²) in [5, 5.41) is 8.27. The molecule has 4 heterocycles. The summed E-state index contributed by atoms with van der Waals surface area (Å²) < 4.78 is 1.85. The largest absolute Gasteiger partial charge is 0.397 e. The fourth-order valence-electron chi connectivity index (χ4n) is 2.83. The number of hydrogen-bond donors (Lipinski definition) is 4. The van der Waals surface area contributed by atoms with Crippen LogP contribution in [0.25, 0.3) is 27.1 Å². The number of nitrogens with two attached hydrogens (primary N) is 3. The number of imidazole rings is 1. The third-order valence-electron chi connectivity index (χ3n) is 3.93. The molecule has 8 nitrogen and oxygen atoms in total. The molecule has 4 aromatic heterocycles. The van der Waals surface area contributed by atoms with Crippen molar-refractivity contribution in [1.29, 1.82) is 5.41 Å². The van der Waals surface area contributed by atoms with Crippen molar-refractivity contribution in [2.45, 2.75) is 0 Å². The zero-order valence-corrected chi connectivity index (χ0v) is 13.7. The molecule has 4 aromatic rings. The highest BCUT2D eigenvalue weighted by Crippen LogP contribution is 2.41. The second kappa shape index (κ2) is 5.28. The Bertz CT molecular complexity index is 1140. The van der Waals surface area contributed by atoms with Crippen LogP contribution in [0.5, 0.6) is 0 Å². The number of carbonyl (C=O) groups excluding carboxylic acids is 1. The Morgan fingerprint density at radius 3 is 2.76 bits per heavy atom. The number of amides is 1. The summed E-state index contributed by atoms with van der Waals surface area (Å²) in [7, 11) is 0. The summed E-state index contributed by atoms with van der Waals surface area (Å²) in [6.07, 6.45) is 4.79. The zero-order valence-electron chi connectivity index (χ0n) is 12.9. The van der Waals surface area contributed by atoms with Crippen LogP contribution < -0.4 is 17.2 Å². The molecule has 0 aliphatic heterocycles. The first-order valence-corrected chi connectivity index (χ1v) is 8.08. The smallest absolute Gasteiger partial charge is 0.260 e. The van der Waals surface area contributed by atoms with Gasteiger partial charge in [0.05, 0.1) is 11.4 Å². The molecule has 0 aliphatic carbocycles. The number of pyridine rings is 2. The minimum Gasteiger partial charge on any atom is -0.397 e. The molecule has 0 saturated heterocycles. The molecule has 7 N–H and O–H groups in total. The van der Waals surface area contributed by atoms with E-state index in [-0.39, 0.29) is 16.4 Å². The van der Waals surface area contributed by atoms with E-state index < -0.39 is 5.91 Å². The van der Waals surface area contributed by atoms with E-state index in [9.17, 15) is 4.79 Å². The van der Waals surface area contributed by atoms with Crippen molar-refractivity contribution < 1.29 is 4.79 Å². The van der Waals surface area contributed by atoms with Gasteiger partial charge >= 0.3 is 0 Å². The van der Waals surface area contributed by atoms with E-state index >= 15 is 0 Å². The van der Waals surface area contributed by atoms with Gasteiger partial charge in [0, 0.05) is 35.1 Å². The van der Waals surface area contributed by atoms with Crippen LogP contribution in [0, 0.1) is 5.41 Å². The van der Waals surface area contributed by atoms with E-state index in [1.54, 1.807) is 0 Å². The lowest BCUT2D eigenvalue weighted by Gasteiger charge is -2.08. The average molecular weight is 351 g/mol. The molecular formula is C16H13N7OS. The maximum atomic E-state index is 11.6. The van der Waals surface area contributed by atoms with Crippen LogP contribution in [-0.4, -0.2) is 26.5 Å². The van der Waals surface area contributed by atoms with Crippen LogP contribution in [0.4, 0.5) is 11.5 Å². The molecule has 1 amide bonds. The van der Waals surface area contributed by atoms with Gasteiger partial charge in [0.25, 0.3) is 5.91 Å². The van der Waals surface area contributed by atoms with E-state index in [0.717, 1.165) is 23.2 Å². The number of rotatable bonds is 3. The Morgan fingerprint density at radius 2 is 2.08 bits per heavy atom. The van der Waals surface area contributed by atoms with Crippen molar-refractivity contribution in [3.8, 4) is 11.3 Å². The predicted molar refractivity (Wildman–Crippen MR) is 99.0 cm³/mol. The number of aromatic nitrogens is 3. The number of nitrogens with one attached hydrogen (secondary N) is 1. The van der Waals surface area contributed by atoms with Crippen LogP contribution in [0.1, 0.15) is 15.2 Å². The molecule has 0 bridgehead atoms. The second-order valence-electron chi connectivity index (χ2n) is 5.41. The second-order valence-corrected chi connectivity index (χ2v) is 6.41. The Balaban J connectivity index is 2.16. The third kappa shape index (κ3) is 2.13. The molecule has 4 rings (SSSR count). The molecule has 0 unspecified atom stereocenters. The molecular weight excluding hydrogens is 338 g/mol. The fourth-order valence-corrected chi connectivity index (χ4v) is 3.80. The number of thiophene rings is 1. The third-order valence-corrected chi connectivity index (χ3v) is 5.05. The number of fused-ring (bicyclic) bond motifs is 2. The van der Waals surface area contributed by atoms with Crippen LogP contribution >= 0.6 is 11.3 Å². The van der Waals surface area contributed by atoms with Gasteiger partial charge in [0.2, 0.25) is 0 Å². The topological polar surface area (TPSA) is 149 Å². The molecule has 0 atom stereocenters. The van der Waals surface area contributed by atoms with Gasteiger partial charge < -0.3 is 27.0 Å². The summed E-state index contributed by atoms with van der Waals surface area (Å²) in [6, 6.07) is 5.63. The molecule has 0 aromatic carbocycles. The highest BCUT2D eigenvalue weighted by atomic mass is 32.1. The minimum absolute atomic E-state index is 0.173. The van der Waals surface area contributed by atoms with Crippen molar-refractivity contribution in [2.75, 3.05) is 11.5 Å². The van der Waals surface area contributed by atoms with Gasteiger partial charge in [-0.05, 0) is 12.1 Å². The molecule has 9 heteroatoms. The van der Waals surface area contributed by atoms with E-state index in [2.05, 4.69) is 9.97 Å². The number of nitrogens with zero attached hydrogens (tertiary/aromatic N) is 3. The molecule has 0 aliphatic rings. The number of anilines is 2. The van der Waals surface area contributed by atoms with Gasteiger partial charge in [-0.1, -0.05) is 6.07 Å². The van der Waals surface area contributed by atoms with Crippen LogP contribution in [0.2, 0.25) is 0 Å². The number of nitrogen functional groups attached to an aromatic ring is 2. The monoisotopic (exact) mass is 351 g/mol. The van der Waals surface area contributed by atoms with Crippen molar-refractivity contribution >= 4 is 50.8 Å². The lowest BCUT2D eigenvalue weighted by atomic mass is 10.0. The van der Waals surface area contributed by atoms with Crippen LogP contribution in [0.15, 0.2) is 30.6 Å². The first kappa shape index (κ1) is 15.1. The molecule has 0 radical (unpaired) electrons. The lowest BCUT2D eigenvalue weighted by Crippen LogP contribution is -2.10. The Hall–Kier alpha value is -3.46. The molecule has 0 spiro atoms. The minimum atomic E-state index is -0.628. The highest BCUT2D eigenvalue weighted by Gasteiger charge is 2.23. The van der Waals surface area contributed by atoms with Gasteiger partial charge in [0.1, 0.15) is 21.2 Å². The summed E-state index contributed by atoms with van der Waals surface area (Å²) in [5.41, 5.74) is 20.1. The van der Waals surface area contributed by atoms with Gasteiger partial charge in [-0.25, -0.2) is 9.97 Å². The SMILES string of the molecule is N=Cc1c(N)nc2sc(C(N)=O)c(N)c2c1-c1cn2ccccc2n1. The van der Waals surface area contributed by atoms with Crippen LogP contribution in [0.3, 0.4) is 0 Å². The molecule has 0 saturated carbocycles. The maximum Gasteiger partial charge on any atom is 0.260 e. The zero-order chi connectivity index (χ0) is 17.7. The highest BCUT2D eigenvalue weighted by molar-refractivity contribution is 7.21. The Kier molecular flexibility index (Phi) is 3.19. The van der Waals surface area contributed by atoms with E-state index in [0.29, 0.717) is 27.0 Å². The van der Waals surface area contributed by atoms with E-state index in [1.807, 2.05) is 35.0 Å². The van der Waals surface area contributed by atoms with Crippen molar-refractivity contribution in [3.05, 3.63) is 41.0 Å². The van der Waals surface area contributed by atoms with Crippen molar-refractivity contribution in [1.82, 2.24) is 14.4 Å². The fraction of sp³-hybridized carbons (Fsp3) is 0. The molecule has 25 heavy (non-hydrogen) atoms. The molecule has 0 fully saturated rings. The average Bonchev–Trinajstić information content (AvgIpc) is 3.15. The Labute approximate surface area is 145 Å². The van der Waals surface area contributed by atoms with Gasteiger partial charge in [-0.2, -0.15) is 0 Å². The number of hydrogen-bond acceptors (Lipinski definition) is 7. The standard InChI is InChI=1S/C16H13N7OS/c17-5-7-10(8-6-23-4-2-1-3-9(23)21-8)11-12(18)13(15(20)24)25-16(11)22-14(7)19/h1-6,17H,18H2,(H2,19,22)(H2,20,24). The summed E-state index contributed by atoms with van der Waals surface area (Å²) in [5.74, 6) is -0.455. The number of carbonyl (C=O) groups is 1. The normalized spacial score (nSPS) is 11.2. The molecule has 124 valence electrons. The van der Waals surface area contributed by atoms with Crippen LogP contribution in [-0.2, 0) is 0 Å². The number of primary amides is 1. The van der Waals surface area contributed by atoms with E-state index in [1.165, 1.54) is 0 Å². The summed E-state index contributed by atoms with van der Waals surface area (Å²) in [4.78, 5) is 21.2. The van der Waals surface area contributed by atoms with Gasteiger partial charge in [0.15, 0.2) is 0 Å². The quantitative estimate of drug-likeness (QED) is 0.416. The van der Waals surface area contributed by atoms with Gasteiger partial charge in [-0.15, -0.1) is 11.3 Å². The maximum absolute atomic E-state index is 11.6. The van der Waals surface area contributed by atoms with Crippen molar-refractivity contribution in [3.63, 3.8) is 0 Å².